The van der Waals surface area contributed by atoms with Crippen molar-refractivity contribution in [2.45, 2.75) is 51.4 Å². The molecule has 1 fully saturated rings. The second-order valence-electron chi connectivity index (χ2n) is 8.05. The van der Waals surface area contributed by atoms with Gasteiger partial charge in [-0.2, -0.15) is 0 Å². The molecule has 0 radical (unpaired) electrons. The molecule has 0 aliphatic heterocycles. The quantitative estimate of drug-likeness (QED) is 0.699. The predicted octanol–water partition coefficient (Wildman–Crippen LogP) is 4.18. The van der Waals surface area contributed by atoms with Crippen LogP contribution in [0.2, 0.25) is 0 Å². The summed E-state index contributed by atoms with van der Waals surface area (Å²) in [6.45, 7) is 4.78. The first kappa shape index (κ1) is 18.6. The van der Waals surface area contributed by atoms with E-state index in [-0.39, 0.29) is 11.8 Å². The van der Waals surface area contributed by atoms with Gasteiger partial charge in [0.15, 0.2) is 0 Å². The molecule has 1 aliphatic carbocycles. The SMILES string of the molecule is CC(C)c1ncc(C(=O)NCC2CCC(c3nc4ccccc4[nH]3)CC2)cn1. The molecule has 0 saturated heterocycles. The van der Waals surface area contributed by atoms with Crippen molar-refractivity contribution in [2.24, 2.45) is 5.92 Å². The summed E-state index contributed by atoms with van der Waals surface area (Å²) in [6.07, 6.45) is 7.65. The van der Waals surface area contributed by atoms with E-state index in [2.05, 4.69) is 26.3 Å². The number of benzene rings is 1. The maximum atomic E-state index is 12.3. The van der Waals surface area contributed by atoms with Crippen molar-refractivity contribution in [3.05, 3.63) is 53.9 Å². The van der Waals surface area contributed by atoms with Crippen LogP contribution >= 0.6 is 0 Å². The average Bonchev–Trinajstić information content (AvgIpc) is 3.16. The van der Waals surface area contributed by atoms with E-state index in [1.54, 1.807) is 12.4 Å². The van der Waals surface area contributed by atoms with Crippen molar-refractivity contribution in [2.75, 3.05) is 6.54 Å². The summed E-state index contributed by atoms with van der Waals surface area (Å²) in [5.41, 5.74) is 2.68. The van der Waals surface area contributed by atoms with E-state index in [9.17, 15) is 4.79 Å². The van der Waals surface area contributed by atoms with Crippen LogP contribution in [-0.4, -0.2) is 32.4 Å². The number of carbonyl (C=O) groups excluding carboxylic acids is 1. The highest BCUT2D eigenvalue weighted by Gasteiger charge is 2.25. The van der Waals surface area contributed by atoms with Crippen LogP contribution in [0.4, 0.5) is 0 Å². The van der Waals surface area contributed by atoms with Gasteiger partial charge in [-0.1, -0.05) is 26.0 Å². The van der Waals surface area contributed by atoms with Crippen LogP contribution in [0, 0.1) is 5.92 Å². The molecule has 2 heterocycles. The number of amides is 1. The maximum Gasteiger partial charge on any atom is 0.254 e. The fourth-order valence-electron chi connectivity index (χ4n) is 3.90. The number of nitrogens with one attached hydrogen (secondary N) is 2. The summed E-state index contributed by atoms with van der Waals surface area (Å²) in [5.74, 6) is 3.04. The van der Waals surface area contributed by atoms with Gasteiger partial charge in [0.05, 0.1) is 16.6 Å². The summed E-state index contributed by atoms with van der Waals surface area (Å²) in [6, 6.07) is 8.18. The first-order valence-corrected chi connectivity index (χ1v) is 10.1. The summed E-state index contributed by atoms with van der Waals surface area (Å²) >= 11 is 0. The van der Waals surface area contributed by atoms with Gasteiger partial charge in [-0.05, 0) is 43.7 Å². The molecule has 6 heteroatoms. The van der Waals surface area contributed by atoms with E-state index in [4.69, 9.17) is 4.98 Å². The van der Waals surface area contributed by atoms with E-state index in [1.165, 1.54) is 0 Å². The number of hydrogen-bond donors (Lipinski definition) is 2. The van der Waals surface area contributed by atoms with Gasteiger partial charge >= 0.3 is 0 Å². The summed E-state index contributed by atoms with van der Waals surface area (Å²) < 4.78 is 0. The first-order chi connectivity index (χ1) is 13.6. The number of para-hydroxylation sites is 2. The molecular formula is C22H27N5O. The Balaban J connectivity index is 1.27. The second kappa shape index (κ2) is 8.09. The number of H-pyrrole nitrogens is 1. The number of aromatic nitrogens is 4. The molecular weight excluding hydrogens is 350 g/mol. The topological polar surface area (TPSA) is 83.6 Å². The Bertz CT molecular complexity index is 906. The fraction of sp³-hybridized carbons (Fsp3) is 0.455. The minimum absolute atomic E-state index is 0.0882. The third-order valence-corrected chi connectivity index (χ3v) is 5.64. The molecule has 1 saturated carbocycles. The predicted molar refractivity (Wildman–Crippen MR) is 109 cm³/mol. The lowest BCUT2D eigenvalue weighted by Crippen LogP contribution is -2.31. The highest BCUT2D eigenvalue weighted by atomic mass is 16.1. The Morgan fingerprint density at radius 1 is 1.14 bits per heavy atom. The van der Waals surface area contributed by atoms with Crippen LogP contribution in [0.1, 0.15) is 73.4 Å². The molecule has 0 spiro atoms. The van der Waals surface area contributed by atoms with Gasteiger partial charge in [0.2, 0.25) is 0 Å². The van der Waals surface area contributed by atoms with Crippen LogP contribution in [0.5, 0.6) is 0 Å². The zero-order valence-corrected chi connectivity index (χ0v) is 16.5. The van der Waals surface area contributed by atoms with Gasteiger partial charge in [0.25, 0.3) is 5.91 Å². The zero-order chi connectivity index (χ0) is 19.5. The van der Waals surface area contributed by atoms with Crippen LogP contribution in [0.3, 0.4) is 0 Å². The van der Waals surface area contributed by atoms with Crippen LogP contribution in [0.15, 0.2) is 36.7 Å². The Morgan fingerprint density at radius 3 is 2.54 bits per heavy atom. The van der Waals surface area contributed by atoms with Gasteiger partial charge in [-0.3, -0.25) is 4.79 Å². The van der Waals surface area contributed by atoms with Gasteiger partial charge in [0.1, 0.15) is 11.6 Å². The molecule has 6 nitrogen and oxygen atoms in total. The molecule has 1 aromatic carbocycles. The minimum atomic E-state index is -0.0882. The molecule has 2 N–H and O–H groups in total. The summed E-state index contributed by atoms with van der Waals surface area (Å²) in [4.78, 5) is 29.1. The number of fused-ring (bicyclic) bond motifs is 1. The summed E-state index contributed by atoms with van der Waals surface area (Å²) in [7, 11) is 0. The van der Waals surface area contributed by atoms with Crippen molar-refractivity contribution < 1.29 is 4.79 Å². The monoisotopic (exact) mass is 377 g/mol. The molecule has 3 aromatic rings. The number of hydrogen-bond acceptors (Lipinski definition) is 4. The standard InChI is InChI=1S/C22H27N5O/c1-14(2)20-23-12-17(13-24-20)22(28)25-11-15-7-9-16(10-8-15)21-26-18-5-3-4-6-19(18)27-21/h3-6,12-16H,7-11H2,1-2H3,(H,25,28)(H,26,27). The number of aromatic amines is 1. The lowest BCUT2D eigenvalue weighted by molar-refractivity contribution is 0.0942. The van der Waals surface area contributed by atoms with Crippen molar-refractivity contribution in [1.29, 1.82) is 0 Å². The number of carbonyl (C=O) groups is 1. The van der Waals surface area contributed by atoms with Crippen molar-refractivity contribution in [1.82, 2.24) is 25.3 Å². The third kappa shape index (κ3) is 4.06. The lowest BCUT2D eigenvalue weighted by atomic mass is 9.81. The Labute approximate surface area is 165 Å². The molecule has 1 aliphatic rings. The molecule has 2 aromatic heterocycles. The molecule has 1 amide bonds. The maximum absolute atomic E-state index is 12.3. The van der Waals surface area contributed by atoms with Gasteiger partial charge in [-0.25, -0.2) is 15.0 Å². The van der Waals surface area contributed by atoms with E-state index in [0.717, 1.165) is 48.4 Å². The normalized spacial score (nSPS) is 19.8. The Morgan fingerprint density at radius 2 is 1.86 bits per heavy atom. The van der Waals surface area contributed by atoms with Crippen LogP contribution < -0.4 is 5.32 Å². The zero-order valence-electron chi connectivity index (χ0n) is 16.5. The molecule has 28 heavy (non-hydrogen) atoms. The fourth-order valence-corrected chi connectivity index (χ4v) is 3.90. The molecule has 4 rings (SSSR count). The Hall–Kier alpha value is -2.76. The van der Waals surface area contributed by atoms with Crippen molar-refractivity contribution >= 4 is 16.9 Å². The molecule has 0 atom stereocenters. The van der Waals surface area contributed by atoms with Crippen molar-refractivity contribution in [3.63, 3.8) is 0 Å². The van der Waals surface area contributed by atoms with Crippen LogP contribution in [0.25, 0.3) is 11.0 Å². The number of imidazole rings is 1. The number of rotatable bonds is 5. The van der Waals surface area contributed by atoms with E-state index < -0.39 is 0 Å². The van der Waals surface area contributed by atoms with Gasteiger partial charge in [0, 0.05) is 30.8 Å². The third-order valence-electron chi connectivity index (χ3n) is 5.64. The smallest absolute Gasteiger partial charge is 0.254 e. The Kier molecular flexibility index (Phi) is 5.37. The average molecular weight is 377 g/mol. The lowest BCUT2D eigenvalue weighted by Gasteiger charge is -2.27. The second-order valence-corrected chi connectivity index (χ2v) is 8.05. The molecule has 0 unspecified atom stereocenters. The van der Waals surface area contributed by atoms with E-state index in [1.807, 2.05) is 32.0 Å². The van der Waals surface area contributed by atoms with Crippen molar-refractivity contribution in [3.8, 4) is 0 Å². The van der Waals surface area contributed by atoms with Gasteiger partial charge < -0.3 is 10.3 Å². The minimum Gasteiger partial charge on any atom is -0.352 e. The number of nitrogens with zero attached hydrogens (tertiary/aromatic N) is 3. The largest absolute Gasteiger partial charge is 0.352 e. The molecule has 146 valence electrons. The first-order valence-electron chi connectivity index (χ1n) is 10.1. The van der Waals surface area contributed by atoms with E-state index >= 15 is 0 Å². The van der Waals surface area contributed by atoms with Gasteiger partial charge in [-0.15, -0.1) is 0 Å². The van der Waals surface area contributed by atoms with Crippen LogP contribution in [-0.2, 0) is 0 Å². The molecule has 0 bridgehead atoms. The summed E-state index contributed by atoms with van der Waals surface area (Å²) in [5, 5.41) is 3.05. The van der Waals surface area contributed by atoms with E-state index in [0.29, 0.717) is 23.9 Å². The highest BCUT2D eigenvalue weighted by Crippen LogP contribution is 2.35. The highest BCUT2D eigenvalue weighted by molar-refractivity contribution is 5.93.